The molecule has 1 aromatic carbocycles. The number of nitrogens with one attached hydrogen (secondary N) is 2. The van der Waals surface area contributed by atoms with E-state index in [1.165, 1.54) is 24.5 Å². The molecule has 23 heavy (non-hydrogen) atoms. The first kappa shape index (κ1) is 16.1. The lowest BCUT2D eigenvalue weighted by molar-refractivity contribution is -0.167. The van der Waals surface area contributed by atoms with Gasteiger partial charge in [-0.1, -0.05) is 0 Å². The number of nitrogens with zero attached hydrogens (tertiary/aromatic N) is 1. The fourth-order valence-electron chi connectivity index (χ4n) is 1.62. The van der Waals surface area contributed by atoms with Gasteiger partial charge in [0.15, 0.2) is 5.76 Å². The Morgan fingerprint density at radius 2 is 1.91 bits per heavy atom. The van der Waals surface area contributed by atoms with Crippen LogP contribution >= 0.6 is 0 Å². The molecule has 2 rings (SSSR count). The Morgan fingerprint density at radius 1 is 1.17 bits per heavy atom. The molecule has 1 heterocycles. The molecule has 0 atom stereocenters. The highest BCUT2D eigenvalue weighted by atomic mass is 19.4. The van der Waals surface area contributed by atoms with Gasteiger partial charge in [0.2, 0.25) is 0 Å². The van der Waals surface area contributed by atoms with Crippen LogP contribution in [0, 0.1) is 11.3 Å². The van der Waals surface area contributed by atoms with Gasteiger partial charge in [-0.05, 0) is 30.3 Å². The zero-order valence-electron chi connectivity index (χ0n) is 11.3. The molecular formula is C14H8F3N3O3. The topological polar surface area (TPSA) is 95.1 Å². The number of carbonyl (C=O) groups excluding carboxylic acids is 2. The molecule has 0 aliphatic rings. The minimum atomic E-state index is -5.07. The highest BCUT2D eigenvalue weighted by Crippen LogP contribution is 2.23. The summed E-state index contributed by atoms with van der Waals surface area (Å²) in [5.41, 5.74) is -0.390. The number of benzene rings is 1. The van der Waals surface area contributed by atoms with Gasteiger partial charge in [-0.2, -0.15) is 18.4 Å². The molecule has 6 nitrogen and oxygen atoms in total. The first-order valence-corrected chi connectivity index (χ1v) is 6.08. The summed E-state index contributed by atoms with van der Waals surface area (Å²) in [5, 5.41) is 13.0. The second-order valence-electron chi connectivity index (χ2n) is 4.26. The highest BCUT2D eigenvalue weighted by molar-refractivity contribution is 6.02. The number of halogens is 3. The van der Waals surface area contributed by atoms with Gasteiger partial charge >= 0.3 is 12.1 Å². The van der Waals surface area contributed by atoms with Gasteiger partial charge in [0, 0.05) is 5.69 Å². The molecule has 2 aromatic rings. The van der Waals surface area contributed by atoms with Crippen molar-refractivity contribution in [2.75, 3.05) is 10.6 Å². The summed E-state index contributed by atoms with van der Waals surface area (Å²) in [6.07, 6.45) is -3.77. The Kier molecular flexibility index (Phi) is 4.36. The zero-order chi connectivity index (χ0) is 17.0. The third-order valence-corrected chi connectivity index (χ3v) is 2.65. The van der Waals surface area contributed by atoms with Crippen LogP contribution < -0.4 is 10.6 Å². The average Bonchev–Trinajstić information content (AvgIpc) is 3.02. The van der Waals surface area contributed by atoms with Crippen LogP contribution in [-0.4, -0.2) is 18.0 Å². The van der Waals surface area contributed by atoms with Gasteiger partial charge < -0.3 is 15.1 Å². The van der Waals surface area contributed by atoms with Crippen molar-refractivity contribution in [2.45, 2.75) is 6.18 Å². The molecule has 0 spiro atoms. The Bertz CT molecular complexity index is 777. The Balaban J connectivity index is 2.18. The minimum Gasteiger partial charge on any atom is -0.459 e. The number of alkyl halides is 3. The van der Waals surface area contributed by atoms with Crippen molar-refractivity contribution in [2.24, 2.45) is 0 Å². The van der Waals surface area contributed by atoms with E-state index in [-0.39, 0.29) is 22.7 Å². The van der Waals surface area contributed by atoms with Crippen LogP contribution in [0.15, 0.2) is 41.0 Å². The van der Waals surface area contributed by atoms with Crippen LogP contribution in [0.25, 0.3) is 0 Å². The average molecular weight is 323 g/mol. The van der Waals surface area contributed by atoms with E-state index in [0.717, 1.165) is 12.1 Å². The number of amides is 2. The van der Waals surface area contributed by atoms with Crippen molar-refractivity contribution < 1.29 is 27.2 Å². The van der Waals surface area contributed by atoms with E-state index < -0.39 is 18.0 Å². The summed E-state index contributed by atoms with van der Waals surface area (Å²) in [7, 11) is 0. The standard InChI is InChI=1S/C14H8F3N3O3/c15-14(16,17)13(22)20-10-4-3-9(6-8(10)7-18)19-12(21)11-2-1-5-23-11/h1-6H,(H,19,21)(H,20,22). The van der Waals surface area contributed by atoms with Gasteiger partial charge in [0.1, 0.15) is 6.07 Å². The summed E-state index contributed by atoms with van der Waals surface area (Å²) in [6.45, 7) is 0. The Hall–Kier alpha value is -3.28. The number of hydrogen-bond donors (Lipinski definition) is 2. The predicted molar refractivity (Wildman–Crippen MR) is 72.5 cm³/mol. The van der Waals surface area contributed by atoms with Gasteiger partial charge in [0.25, 0.3) is 5.91 Å². The van der Waals surface area contributed by atoms with Crippen LogP contribution in [-0.2, 0) is 4.79 Å². The lowest BCUT2D eigenvalue weighted by Crippen LogP contribution is -2.30. The molecular weight excluding hydrogens is 315 g/mol. The normalized spacial score (nSPS) is 10.7. The summed E-state index contributed by atoms with van der Waals surface area (Å²) >= 11 is 0. The van der Waals surface area contributed by atoms with Crippen molar-refractivity contribution in [3.8, 4) is 6.07 Å². The monoisotopic (exact) mass is 323 g/mol. The first-order valence-electron chi connectivity index (χ1n) is 6.08. The van der Waals surface area contributed by atoms with E-state index in [4.69, 9.17) is 9.68 Å². The minimum absolute atomic E-state index is 0.0259. The van der Waals surface area contributed by atoms with E-state index in [2.05, 4.69) is 5.32 Å². The molecule has 1 aromatic heterocycles. The molecule has 0 bridgehead atoms. The number of carbonyl (C=O) groups is 2. The fourth-order valence-corrected chi connectivity index (χ4v) is 1.62. The van der Waals surface area contributed by atoms with Crippen LogP contribution in [0.4, 0.5) is 24.5 Å². The number of anilines is 2. The summed E-state index contributed by atoms with van der Waals surface area (Å²) in [6, 6.07) is 8.02. The highest BCUT2D eigenvalue weighted by Gasteiger charge is 2.39. The molecule has 0 aliphatic carbocycles. The number of rotatable bonds is 3. The molecule has 2 amide bonds. The van der Waals surface area contributed by atoms with Crippen LogP contribution in [0.1, 0.15) is 16.1 Å². The molecule has 0 unspecified atom stereocenters. The number of nitriles is 1. The van der Waals surface area contributed by atoms with Crippen molar-refractivity contribution in [3.63, 3.8) is 0 Å². The van der Waals surface area contributed by atoms with Gasteiger partial charge in [-0.25, -0.2) is 0 Å². The van der Waals surface area contributed by atoms with E-state index in [1.807, 2.05) is 0 Å². The van der Waals surface area contributed by atoms with Crippen molar-refractivity contribution in [3.05, 3.63) is 47.9 Å². The number of furan rings is 1. The summed E-state index contributed by atoms with van der Waals surface area (Å²) in [4.78, 5) is 22.7. The van der Waals surface area contributed by atoms with E-state index in [1.54, 1.807) is 11.4 Å². The third kappa shape index (κ3) is 3.88. The van der Waals surface area contributed by atoms with Crippen molar-refractivity contribution in [1.29, 1.82) is 5.26 Å². The third-order valence-electron chi connectivity index (χ3n) is 2.65. The van der Waals surface area contributed by atoms with E-state index >= 15 is 0 Å². The van der Waals surface area contributed by atoms with E-state index in [0.29, 0.717) is 0 Å². The summed E-state index contributed by atoms with van der Waals surface area (Å²) in [5.74, 6) is -2.76. The quantitative estimate of drug-likeness (QED) is 0.908. The van der Waals surface area contributed by atoms with Gasteiger partial charge in [-0.15, -0.1) is 0 Å². The molecule has 9 heteroatoms. The molecule has 2 N–H and O–H groups in total. The second kappa shape index (κ2) is 6.23. The molecule has 0 saturated heterocycles. The SMILES string of the molecule is N#Cc1cc(NC(=O)c2ccco2)ccc1NC(=O)C(F)(F)F. The van der Waals surface area contributed by atoms with Crippen LogP contribution in [0.5, 0.6) is 0 Å². The Morgan fingerprint density at radius 3 is 2.48 bits per heavy atom. The molecule has 0 saturated carbocycles. The Labute approximate surface area is 127 Å². The molecule has 118 valence electrons. The van der Waals surface area contributed by atoms with Crippen molar-refractivity contribution >= 4 is 23.2 Å². The largest absolute Gasteiger partial charge is 0.471 e. The molecule has 0 fully saturated rings. The lowest BCUT2D eigenvalue weighted by atomic mass is 10.1. The van der Waals surface area contributed by atoms with Crippen molar-refractivity contribution in [1.82, 2.24) is 0 Å². The second-order valence-corrected chi connectivity index (χ2v) is 4.26. The lowest BCUT2D eigenvalue weighted by Gasteiger charge is -2.10. The van der Waals surface area contributed by atoms with Gasteiger partial charge in [0.05, 0.1) is 17.5 Å². The van der Waals surface area contributed by atoms with Crippen LogP contribution in [0.2, 0.25) is 0 Å². The van der Waals surface area contributed by atoms with E-state index in [9.17, 15) is 22.8 Å². The number of hydrogen-bond acceptors (Lipinski definition) is 4. The smallest absolute Gasteiger partial charge is 0.459 e. The van der Waals surface area contributed by atoms with Gasteiger partial charge in [-0.3, -0.25) is 9.59 Å². The molecule has 0 radical (unpaired) electrons. The fraction of sp³-hybridized carbons (Fsp3) is 0.0714. The first-order chi connectivity index (χ1) is 10.8. The summed E-state index contributed by atoms with van der Waals surface area (Å²) < 4.78 is 41.5. The van der Waals surface area contributed by atoms with Crippen LogP contribution in [0.3, 0.4) is 0 Å². The maximum atomic E-state index is 12.2. The maximum absolute atomic E-state index is 12.2. The zero-order valence-corrected chi connectivity index (χ0v) is 11.3. The predicted octanol–water partition coefficient (Wildman–Crippen LogP) is 2.90. The molecule has 0 aliphatic heterocycles. The maximum Gasteiger partial charge on any atom is 0.471 e.